The topological polar surface area (TPSA) is 105 Å². The number of nitrogens with one attached hydrogen (secondary N) is 1. The first-order valence-corrected chi connectivity index (χ1v) is 11.5. The number of carboxylic acids is 1. The molecule has 180 valence electrons. The number of aliphatic carboxylic acids is 1. The summed E-state index contributed by atoms with van der Waals surface area (Å²) in [7, 11) is 0. The van der Waals surface area contributed by atoms with Gasteiger partial charge in [0.25, 0.3) is 0 Å². The first kappa shape index (κ1) is 23.6. The number of fused-ring (bicyclic) bond motifs is 3. The van der Waals surface area contributed by atoms with Gasteiger partial charge < -0.3 is 19.5 Å². The van der Waals surface area contributed by atoms with Crippen molar-refractivity contribution in [2.45, 2.75) is 51.9 Å². The number of nitrogens with zero attached hydrogens (tertiary/aromatic N) is 1. The maximum absolute atomic E-state index is 13.0. The van der Waals surface area contributed by atoms with Crippen LogP contribution in [0.5, 0.6) is 0 Å². The Balaban J connectivity index is 1.58. The standard InChI is InChI=1S/C26H30N2O6/c1-26(2,3)34-24(31)27-22(33-25(32)28-13-11-16(12-14-28)23(29)30)20-10-6-9-19-18-8-5-4-7-17(18)15-21(19)20/h4-10,16,22H,11-15H2,1-3H3,(H,27,31)(H,29,30). The fourth-order valence-corrected chi connectivity index (χ4v) is 4.50. The number of rotatable bonds is 4. The lowest BCUT2D eigenvalue weighted by Gasteiger charge is -2.31. The van der Waals surface area contributed by atoms with E-state index in [0.717, 1.165) is 16.7 Å². The van der Waals surface area contributed by atoms with E-state index in [4.69, 9.17) is 9.47 Å². The van der Waals surface area contributed by atoms with Gasteiger partial charge in [-0.2, -0.15) is 0 Å². The van der Waals surface area contributed by atoms with Gasteiger partial charge in [0.05, 0.1) is 5.92 Å². The minimum Gasteiger partial charge on any atom is -0.481 e. The molecule has 1 unspecified atom stereocenters. The third-order valence-electron chi connectivity index (χ3n) is 6.14. The van der Waals surface area contributed by atoms with Crippen LogP contribution in [0.2, 0.25) is 0 Å². The van der Waals surface area contributed by atoms with E-state index >= 15 is 0 Å². The van der Waals surface area contributed by atoms with E-state index in [1.165, 1.54) is 10.5 Å². The van der Waals surface area contributed by atoms with Gasteiger partial charge in [0, 0.05) is 18.7 Å². The smallest absolute Gasteiger partial charge is 0.411 e. The molecule has 2 N–H and O–H groups in total. The molecule has 1 atom stereocenters. The van der Waals surface area contributed by atoms with Gasteiger partial charge in [0.2, 0.25) is 6.23 Å². The maximum atomic E-state index is 13.0. The number of carbonyl (C=O) groups is 3. The molecule has 2 aromatic carbocycles. The lowest BCUT2D eigenvalue weighted by Crippen LogP contribution is -2.43. The number of piperidine rings is 1. The van der Waals surface area contributed by atoms with Gasteiger partial charge in [-0.05, 0) is 62.3 Å². The fraction of sp³-hybridized carbons (Fsp3) is 0.423. The Morgan fingerprint density at radius 2 is 1.71 bits per heavy atom. The summed E-state index contributed by atoms with van der Waals surface area (Å²) in [6.07, 6.45) is -0.949. The summed E-state index contributed by atoms with van der Waals surface area (Å²) < 4.78 is 11.2. The molecule has 8 nitrogen and oxygen atoms in total. The first-order valence-electron chi connectivity index (χ1n) is 11.5. The number of ether oxygens (including phenoxy) is 2. The highest BCUT2D eigenvalue weighted by molar-refractivity contribution is 5.79. The third kappa shape index (κ3) is 5.16. The van der Waals surface area contributed by atoms with E-state index in [1.807, 2.05) is 30.3 Å². The molecule has 1 heterocycles. The highest BCUT2D eigenvalue weighted by Gasteiger charge is 2.32. The monoisotopic (exact) mass is 466 g/mol. The summed E-state index contributed by atoms with van der Waals surface area (Å²) in [5.41, 5.74) is 4.30. The van der Waals surface area contributed by atoms with Crippen molar-refractivity contribution in [3.8, 4) is 11.1 Å². The summed E-state index contributed by atoms with van der Waals surface area (Å²) in [4.78, 5) is 38.4. The number of carboxylic acid groups (broad SMARTS) is 1. The highest BCUT2D eigenvalue weighted by atomic mass is 16.6. The molecule has 1 aliphatic heterocycles. The summed E-state index contributed by atoms with van der Waals surface area (Å²) in [5.74, 6) is -1.31. The van der Waals surface area contributed by atoms with Gasteiger partial charge in [0.15, 0.2) is 0 Å². The second kappa shape index (κ2) is 9.37. The molecule has 0 aromatic heterocycles. The molecule has 0 radical (unpaired) electrons. The van der Waals surface area contributed by atoms with Gasteiger partial charge in [-0.3, -0.25) is 10.1 Å². The van der Waals surface area contributed by atoms with Crippen molar-refractivity contribution in [2.75, 3.05) is 13.1 Å². The van der Waals surface area contributed by atoms with Crippen molar-refractivity contribution in [3.63, 3.8) is 0 Å². The van der Waals surface area contributed by atoms with Crippen LogP contribution in [0.15, 0.2) is 42.5 Å². The van der Waals surface area contributed by atoms with Crippen LogP contribution in [0, 0.1) is 5.92 Å². The summed E-state index contributed by atoms with van der Waals surface area (Å²) in [5, 5.41) is 11.9. The zero-order chi connectivity index (χ0) is 24.5. The van der Waals surface area contributed by atoms with Gasteiger partial charge >= 0.3 is 18.2 Å². The number of carbonyl (C=O) groups excluding carboxylic acids is 2. The van der Waals surface area contributed by atoms with Gasteiger partial charge in [-0.1, -0.05) is 42.5 Å². The summed E-state index contributed by atoms with van der Waals surface area (Å²) in [6.45, 7) is 5.85. The number of amides is 2. The van der Waals surface area contributed by atoms with Crippen molar-refractivity contribution in [1.82, 2.24) is 10.2 Å². The molecule has 34 heavy (non-hydrogen) atoms. The Bertz CT molecular complexity index is 1100. The molecule has 2 amide bonds. The van der Waals surface area contributed by atoms with Crippen LogP contribution in [0.3, 0.4) is 0 Å². The van der Waals surface area contributed by atoms with Gasteiger partial charge in [-0.15, -0.1) is 0 Å². The highest BCUT2D eigenvalue weighted by Crippen LogP contribution is 2.40. The van der Waals surface area contributed by atoms with Crippen molar-refractivity contribution in [1.29, 1.82) is 0 Å². The molecule has 0 saturated carbocycles. The molecule has 1 aliphatic carbocycles. The predicted molar refractivity (Wildman–Crippen MR) is 125 cm³/mol. The lowest BCUT2D eigenvalue weighted by molar-refractivity contribution is -0.143. The molecule has 1 saturated heterocycles. The fourth-order valence-electron chi connectivity index (χ4n) is 4.50. The average Bonchev–Trinajstić information content (AvgIpc) is 3.16. The Morgan fingerprint density at radius 1 is 1.03 bits per heavy atom. The van der Waals surface area contributed by atoms with E-state index < -0.39 is 35.9 Å². The minimum atomic E-state index is -1.05. The molecule has 0 bridgehead atoms. The van der Waals surface area contributed by atoms with E-state index in [1.54, 1.807) is 20.8 Å². The predicted octanol–water partition coefficient (Wildman–Crippen LogP) is 4.71. The summed E-state index contributed by atoms with van der Waals surface area (Å²) >= 11 is 0. The maximum Gasteiger partial charge on any atom is 0.411 e. The van der Waals surface area contributed by atoms with E-state index in [-0.39, 0.29) is 13.1 Å². The number of benzene rings is 2. The number of alkyl carbamates (subject to hydrolysis) is 1. The lowest BCUT2D eigenvalue weighted by atomic mass is 9.97. The Labute approximate surface area is 198 Å². The molecule has 2 aliphatic rings. The number of hydrogen-bond acceptors (Lipinski definition) is 5. The van der Waals surface area contributed by atoms with Crippen molar-refractivity contribution in [3.05, 3.63) is 59.2 Å². The largest absolute Gasteiger partial charge is 0.481 e. The average molecular weight is 467 g/mol. The Morgan fingerprint density at radius 3 is 2.38 bits per heavy atom. The minimum absolute atomic E-state index is 0.285. The Hall–Kier alpha value is -3.55. The second-order valence-electron chi connectivity index (χ2n) is 9.72. The Kier molecular flexibility index (Phi) is 6.50. The van der Waals surface area contributed by atoms with E-state index in [9.17, 15) is 19.5 Å². The molecule has 4 rings (SSSR count). The molecule has 1 fully saturated rings. The zero-order valence-electron chi connectivity index (χ0n) is 19.7. The van der Waals surface area contributed by atoms with Crippen LogP contribution < -0.4 is 5.32 Å². The first-order chi connectivity index (χ1) is 16.1. The summed E-state index contributed by atoms with van der Waals surface area (Å²) in [6, 6.07) is 13.8. The van der Waals surface area contributed by atoms with Crippen molar-refractivity contribution in [2.24, 2.45) is 5.92 Å². The van der Waals surface area contributed by atoms with Crippen LogP contribution in [0.25, 0.3) is 11.1 Å². The number of hydrogen-bond donors (Lipinski definition) is 2. The number of likely N-dealkylation sites (tertiary alicyclic amines) is 1. The van der Waals surface area contributed by atoms with Gasteiger partial charge in [-0.25, -0.2) is 9.59 Å². The van der Waals surface area contributed by atoms with Crippen LogP contribution >= 0.6 is 0 Å². The van der Waals surface area contributed by atoms with E-state index in [0.29, 0.717) is 24.8 Å². The van der Waals surface area contributed by atoms with Crippen LogP contribution in [0.4, 0.5) is 9.59 Å². The van der Waals surface area contributed by atoms with Crippen LogP contribution in [-0.2, 0) is 20.7 Å². The normalized spacial score (nSPS) is 16.3. The molecule has 2 aromatic rings. The molecular formula is C26H30N2O6. The quantitative estimate of drug-likeness (QED) is 0.540. The zero-order valence-corrected chi connectivity index (χ0v) is 19.7. The van der Waals surface area contributed by atoms with Crippen LogP contribution in [-0.4, -0.2) is 46.9 Å². The van der Waals surface area contributed by atoms with Crippen LogP contribution in [0.1, 0.15) is 56.5 Å². The van der Waals surface area contributed by atoms with Crippen molar-refractivity contribution < 1.29 is 29.0 Å². The SMILES string of the molecule is CC(C)(C)OC(=O)NC(OC(=O)N1CCC(C(=O)O)CC1)c1cccc2c1Cc1ccccc1-2. The van der Waals surface area contributed by atoms with Gasteiger partial charge in [0.1, 0.15) is 5.60 Å². The third-order valence-corrected chi connectivity index (χ3v) is 6.14. The van der Waals surface area contributed by atoms with E-state index in [2.05, 4.69) is 17.4 Å². The molecule has 0 spiro atoms. The molecular weight excluding hydrogens is 436 g/mol. The van der Waals surface area contributed by atoms with Crippen molar-refractivity contribution >= 4 is 18.2 Å². The molecule has 8 heteroatoms. The second-order valence-corrected chi connectivity index (χ2v) is 9.72.